The summed E-state index contributed by atoms with van der Waals surface area (Å²) in [7, 11) is -3.38. The topological polar surface area (TPSA) is 123 Å². The van der Waals surface area contributed by atoms with Crippen LogP contribution in [0.4, 0.5) is 15.9 Å². The molecule has 1 amide bonds. The summed E-state index contributed by atoms with van der Waals surface area (Å²) in [5.74, 6) is 0.854. The van der Waals surface area contributed by atoms with Gasteiger partial charge in [0.1, 0.15) is 47.6 Å². The van der Waals surface area contributed by atoms with E-state index in [9.17, 15) is 17.6 Å². The molecule has 0 saturated heterocycles. The largest absolute Gasteiger partial charge is 0.487 e. The summed E-state index contributed by atoms with van der Waals surface area (Å²) in [6, 6.07) is 20.7. The van der Waals surface area contributed by atoms with Crippen molar-refractivity contribution in [2.45, 2.75) is 13.0 Å². The van der Waals surface area contributed by atoms with E-state index >= 15 is 0 Å². The van der Waals surface area contributed by atoms with Crippen molar-refractivity contribution in [3.63, 3.8) is 0 Å². The SMILES string of the molecule is CS(=O)(=O)CC(=O)NCCc1ccc(-c2ccc3ncnc(Nc4ccc(OCc5cccc(F)c5)c(Cl)c4)c3c2)o1. The van der Waals surface area contributed by atoms with Crippen molar-refractivity contribution in [3.05, 3.63) is 101 Å². The van der Waals surface area contributed by atoms with Gasteiger partial charge < -0.3 is 19.8 Å². The van der Waals surface area contributed by atoms with E-state index in [4.69, 9.17) is 20.8 Å². The van der Waals surface area contributed by atoms with Crippen LogP contribution in [0.25, 0.3) is 22.2 Å². The van der Waals surface area contributed by atoms with Crippen molar-refractivity contribution in [1.82, 2.24) is 15.3 Å². The number of nitrogens with one attached hydrogen (secondary N) is 2. The van der Waals surface area contributed by atoms with Crippen LogP contribution in [0.5, 0.6) is 5.75 Å². The average molecular weight is 609 g/mol. The van der Waals surface area contributed by atoms with Gasteiger partial charge in [0.05, 0.1) is 10.5 Å². The summed E-state index contributed by atoms with van der Waals surface area (Å²) in [6.45, 7) is 0.425. The number of carbonyl (C=O) groups is 1. The molecule has 0 saturated carbocycles. The van der Waals surface area contributed by atoms with Crippen LogP contribution in [0, 0.1) is 5.82 Å². The van der Waals surface area contributed by atoms with Gasteiger partial charge in [-0.3, -0.25) is 4.79 Å². The van der Waals surface area contributed by atoms with Gasteiger partial charge in [0.25, 0.3) is 0 Å². The molecule has 9 nitrogen and oxygen atoms in total. The third-order valence-electron chi connectivity index (χ3n) is 6.15. The molecule has 5 rings (SSSR count). The Kier molecular flexibility index (Phi) is 8.69. The number of nitrogens with zero attached hydrogens (tertiary/aromatic N) is 2. The number of hydrogen-bond acceptors (Lipinski definition) is 8. The standard InChI is InChI=1S/C30H26ClFN4O5S/c1-42(38,39)17-29(37)33-12-11-23-7-10-27(41-23)20-5-8-26-24(14-20)30(35-18-34-26)36-22-6-9-28(25(31)15-22)40-16-19-3-2-4-21(32)13-19/h2-10,13-15,18H,11-12,16-17H2,1H3,(H,33,37)(H,34,35,36). The fraction of sp³-hybridized carbons (Fsp3) is 0.167. The maximum Gasteiger partial charge on any atom is 0.235 e. The van der Waals surface area contributed by atoms with Crippen molar-refractivity contribution in [1.29, 1.82) is 0 Å². The maximum absolute atomic E-state index is 13.4. The Morgan fingerprint density at radius 2 is 1.90 bits per heavy atom. The third-order valence-corrected chi connectivity index (χ3v) is 7.23. The number of benzene rings is 3. The van der Waals surface area contributed by atoms with Gasteiger partial charge in [0.2, 0.25) is 5.91 Å². The van der Waals surface area contributed by atoms with Gasteiger partial charge in [0, 0.05) is 35.9 Å². The van der Waals surface area contributed by atoms with Crippen LogP contribution >= 0.6 is 11.6 Å². The van der Waals surface area contributed by atoms with Gasteiger partial charge >= 0.3 is 0 Å². The number of carbonyl (C=O) groups excluding carboxylic acids is 1. The summed E-state index contributed by atoms with van der Waals surface area (Å²) in [5, 5.41) is 7.00. The van der Waals surface area contributed by atoms with Crippen molar-refractivity contribution in [3.8, 4) is 17.1 Å². The molecule has 0 bridgehead atoms. The first-order valence-corrected chi connectivity index (χ1v) is 15.3. The molecule has 12 heteroatoms. The van der Waals surface area contributed by atoms with Gasteiger partial charge in [-0.25, -0.2) is 22.8 Å². The fourth-order valence-electron chi connectivity index (χ4n) is 4.21. The predicted molar refractivity (Wildman–Crippen MR) is 159 cm³/mol. The molecule has 216 valence electrons. The molecule has 2 heterocycles. The number of amides is 1. The summed E-state index contributed by atoms with van der Waals surface area (Å²) in [5.41, 5.74) is 2.89. The Hall–Kier alpha value is -4.48. The number of fused-ring (bicyclic) bond motifs is 1. The van der Waals surface area contributed by atoms with E-state index in [1.54, 1.807) is 30.3 Å². The van der Waals surface area contributed by atoms with E-state index in [2.05, 4.69) is 20.6 Å². The first-order chi connectivity index (χ1) is 20.1. The Morgan fingerprint density at radius 3 is 2.69 bits per heavy atom. The molecule has 0 aliphatic carbocycles. The smallest absolute Gasteiger partial charge is 0.235 e. The second-order valence-electron chi connectivity index (χ2n) is 9.58. The van der Waals surface area contributed by atoms with Crippen molar-refractivity contribution < 1.29 is 26.8 Å². The van der Waals surface area contributed by atoms with Gasteiger partial charge in [0.15, 0.2) is 9.84 Å². The minimum atomic E-state index is -3.38. The number of aromatic nitrogens is 2. The van der Waals surface area contributed by atoms with Crippen LogP contribution in [-0.4, -0.2) is 42.8 Å². The highest BCUT2D eigenvalue weighted by atomic mass is 35.5. The summed E-state index contributed by atoms with van der Waals surface area (Å²) < 4.78 is 47.7. The predicted octanol–water partition coefficient (Wildman–Crippen LogP) is 5.71. The molecule has 0 fully saturated rings. The van der Waals surface area contributed by atoms with Crippen molar-refractivity contribution in [2.75, 3.05) is 23.9 Å². The Balaban J connectivity index is 1.27. The number of sulfone groups is 1. The minimum absolute atomic E-state index is 0.176. The van der Waals surface area contributed by atoms with E-state index in [1.165, 1.54) is 18.5 Å². The van der Waals surface area contributed by atoms with E-state index in [1.807, 2.05) is 30.3 Å². The normalized spacial score (nSPS) is 11.4. The number of furan rings is 1. The molecule has 3 aromatic carbocycles. The zero-order valence-electron chi connectivity index (χ0n) is 22.4. The van der Waals surface area contributed by atoms with E-state index in [0.29, 0.717) is 45.8 Å². The second kappa shape index (κ2) is 12.6. The summed E-state index contributed by atoms with van der Waals surface area (Å²) in [4.78, 5) is 20.5. The molecule has 0 aliphatic heterocycles. The highest BCUT2D eigenvalue weighted by Crippen LogP contribution is 2.33. The number of hydrogen-bond donors (Lipinski definition) is 2. The monoisotopic (exact) mass is 608 g/mol. The molecule has 5 aromatic rings. The Bertz CT molecular complexity index is 1860. The molecule has 2 aromatic heterocycles. The van der Waals surface area contributed by atoms with Crippen LogP contribution in [0.15, 0.2) is 83.5 Å². The van der Waals surface area contributed by atoms with E-state index < -0.39 is 21.5 Å². The van der Waals surface area contributed by atoms with Crippen LogP contribution < -0.4 is 15.4 Å². The molecule has 0 spiro atoms. The quantitative estimate of drug-likeness (QED) is 0.195. The second-order valence-corrected chi connectivity index (χ2v) is 12.1. The lowest BCUT2D eigenvalue weighted by Gasteiger charge is -2.12. The van der Waals surface area contributed by atoms with Crippen molar-refractivity contribution >= 4 is 49.8 Å². The van der Waals surface area contributed by atoms with Crippen molar-refractivity contribution in [2.24, 2.45) is 0 Å². The Labute approximate surface area is 246 Å². The zero-order valence-corrected chi connectivity index (χ0v) is 24.0. The van der Waals surface area contributed by atoms with Crippen LogP contribution in [0.3, 0.4) is 0 Å². The molecular formula is C30H26ClFN4O5S. The lowest BCUT2D eigenvalue weighted by atomic mass is 10.1. The summed E-state index contributed by atoms with van der Waals surface area (Å²) in [6.07, 6.45) is 2.88. The molecule has 0 aliphatic rings. The van der Waals surface area contributed by atoms with Gasteiger partial charge in [-0.1, -0.05) is 23.7 Å². The molecular weight excluding hydrogens is 583 g/mol. The van der Waals surface area contributed by atoms with Crippen LogP contribution in [-0.2, 0) is 27.7 Å². The van der Waals surface area contributed by atoms with Gasteiger partial charge in [-0.05, 0) is 66.2 Å². The number of halogens is 2. The Morgan fingerprint density at radius 1 is 1.05 bits per heavy atom. The molecule has 2 N–H and O–H groups in total. The lowest BCUT2D eigenvalue weighted by molar-refractivity contribution is -0.118. The van der Waals surface area contributed by atoms with Crippen LogP contribution in [0.1, 0.15) is 11.3 Å². The number of anilines is 2. The molecule has 42 heavy (non-hydrogen) atoms. The van der Waals surface area contributed by atoms with E-state index in [-0.39, 0.29) is 19.0 Å². The highest BCUT2D eigenvalue weighted by Gasteiger charge is 2.13. The van der Waals surface area contributed by atoms with Gasteiger partial charge in [-0.2, -0.15) is 0 Å². The minimum Gasteiger partial charge on any atom is -0.487 e. The van der Waals surface area contributed by atoms with Gasteiger partial charge in [-0.15, -0.1) is 0 Å². The average Bonchev–Trinajstić information content (AvgIpc) is 3.41. The first-order valence-electron chi connectivity index (χ1n) is 12.8. The number of rotatable bonds is 11. The van der Waals surface area contributed by atoms with E-state index in [0.717, 1.165) is 22.7 Å². The maximum atomic E-state index is 13.4. The number of ether oxygens (including phenoxy) is 1. The third kappa shape index (κ3) is 7.62. The molecule has 0 radical (unpaired) electrons. The van der Waals surface area contributed by atoms with Crippen LogP contribution in [0.2, 0.25) is 5.02 Å². The summed E-state index contributed by atoms with van der Waals surface area (Å²) >= 11 is 6.47. The fourth-order valence-corrected chi connectivity index (χ4v) is 5.02. The zero-order chi connectivity index (χ0) is 29.7. The lowest BCUT2D eigenvalue weighted by Crippen LogP contribution is -2.31. The molecule has 0 atom stereocenters. The highest BCUT2D eigenvalue weighted by molar-refractivity contribution is 7.91. The first kappa shape index (κ1) is 29.0. The molecule has 0 unspecified atom stereocenters.